The highest BCUT2D eigenvalue weighted by Crippen LogP contribution is 2.36. The molecule has 1 aliphatic carbocycles. The summed E-state index contributed by atoms with van der Waals surface area (Å²) in [6.07, 6.45) is 3.10. The molecule has 3 heteroatoms. The van der Waals surface area contributed by atoms with Crippen LogP contribution in [0.2, 0.25) is 0 Å². The SMILES string of the molecule is CCc1ccccc1C(=O)NC1(CN(CC)CC)CC1. The van der Waals surface area contributed by atoms with Crippen LogP contribution in [0.1, 0.15) is 49.5 Å². The number of benzene rings is 1. The molecular formula is C17H26N2O. The maximum absolute atomic E-state index is 12.5. The highest BCUT2D eigenvalue weighted by Gasteiger charge is 2.45. The van der Waals surface area contributed by atoms with Gasteiger partial charge in [0.1, 0.15) is 0 Å². The number of carbonyl (C=O) groups excluding carboxylic acids is 1. The molecule has 0 aliphatic heterocycles. The van der Waals surface area contributed by atoms with E-state index in [1.54, 1.807) is 0 Å². The van der Waals surface area contributed by atoms with Gasteiger partial charge in [-0.1, -0.05) is 39.0 Å². The minimum Gasteiger partial charge on any atom is -0.345 e. The number of hydrogen-bond donors (Lipinski definition) is 1. The van der Waals surface area contributed by atoms with Crippen molar-refractivity contribution in [2.45, 2.75) is 45.6 Å². The molecule has 0 bridgehead atoms. The van der Waals surface area contributed by atoms with Gasteiger partial charge in [0.2, 0.25) is 0 Å². The van der Waals surface area contributed by atoms with E-state index >= 15 is 0 Å². The van der Waals surface area contributed by atoms with Gasteiger partial charge in [-0.05, 0) is 44.0 Å². The van der Waals surface area contributed by atoms with Crippen molar-refractivity contribution in [2.75, 3.05) is 19.6 Å². The van der Waals surface area contributed by atoms with Crippen LogP contribution in [0.4, 0.5) is 0 Å². The maximum atomic E-state index is 12.5. The Morgan fingerprint density at radius 3 is 2.40 bits per heavy atom. The molecule has 1 aromatic carbocycles. The molecule has 0 aromatic heterocycles. The lowest BCUT2D eigenvalue weighted by atomic mass is 10.0. The number of likely N-dealkylation sites (N-methyl/N-ethyl adjacent to an activating group) is 1. The Bertz CT molecular complexity index is 462. The van der Waals surface area contributed by atoms with Crippen LogP contribution >= 0.6 is 0 Å². The van der Waals surface area contributed by atoms with Gasteiger partial charge in [0.05, 0.1) is 5.54 Å². The Morgan fingerprint density at radius 2 is 1.85 bits per heavy atom. The van der Waals surface area contributed by atoms with Crippen molar-refractivity contribution in [1.29, 1.82) is 0 Å². The van der Waals surface area contributed by atoms with Crippen molar-refractivity contribution in [2.24, 2.45) is 0 Å². The van der Waals surface area contributed by atoms with Crippen molar-refractivity contribution < 1.29 is 4.79 Å². The summed E-state index contributed by atoms with van der Waals surface area (Å²) < 4.78 is 0. The first-order valence-corrected chi connectivity index (χ1v) is 7.77. The lowest BCUT2D eigenvalue weighted by molar-refractivity contribution is 0.0917. The number of hydrogen-bond acceptors (Lipinski definition) is 2. The fourth-order valence-electron chi connectivity index (χ4n) is 2.71. The molecule has 0 radical (unpaired) electrons. The van der Waals surface area contributed by atoms with Gasteiger partial charge < -0.3 is 10.2 Å². The summed E-state index contributed by atoms with van der Waals surface area (Å²) in [4.78, 5) is 14.9. The second kappa shape index (κ2) is 6.40. The van der Waals surface area contributed by atoms with E-state index in [4.69, 9.17) is 0 Å². The lowest BCUT2D eigenvalue weighted by Crippen LogP contribution is -2.46. The van der Waals surface area contributed by atoms with Crippen LogP contribution in [0.25, 0.3) is 0 Å². The first-order valence-electron chi connectivity index (χ1n) is 7.77. The molecule has 3 nitrogen and oxygen atoms in total. The summed E-state index contributed by atoms with van der Waals surface area (Å²) in [5.74, 6) is 0.0899. The van der Waals surface area contributed by atoms with Crippen LogP contribution in [0.3, 0.4) is 0 Å². The van der Waals surface area contributed by atoms with E-state index in [1.165, 1.54) is 0 Å². The summed E-state index contributed by atoms with van der Waals surface area (Å²) >= 11 is 0. The number of aryl methyl sites for hydroxylation is 1. The first kappa shape index (κ1) is 15.0. The Kier molecular flexibility index (Phi) is 4.81. The van der Waals surface area contributed by atoms with Gasteiger partial charge in [-0.2, -0.15) is 0 Å². The van der Waals surface area contributed by atoms with Gasteiger partial charge >= 0.3 is 0 Å². The third kappa shape index (κ3) is 3.40. The minimum absolute atomic E-state index is 0.0178. The summed E-state index contributed by atoms with van der Waals surface area (Å²) in [6, 6.07) is 7.91. The maximum Gasteiger partial charge on any atom is 0.252 e. The molecule has 0 unspecified atom stereocenters. The normalized spacial score (nSPS) is 16.2. The predicted molar refractivity (Wildman–Crippen MR) is 83.0 cm³/mol. The van der Waals surface area contributed by atoms with Gasteiger partial charge in [0, 0.05) is 12.1 Å². The average molecular weight is 274 g/mol. The highest BCUT2D eigenvalue weighted by atomic mass is 16.1. The molecule has 1 saturated carbocycles. The standard InChI is InChI=1S/C17H26N2O/c1-4-14-9-7-8-10-15(14)16(20)18-17(11-12-17)13-19(5-2)6-3/h7-10H,4-6,11-13H2,1-3H3,(H,18,20). The summed E-state index contributed by atoms with van der Waals surface area (Å²) in [5, 5.41) is 3.28. The van der Waals surface area contributed by atoms with E-state index in [1.807, 2.05) is 24.3 Å². The second-order valence-electron chi connectivity index (χ2n) is 5.71. The van der Waals surface area contributed by atoms with E-state index in [0.717, 1.165) is 50.0 Å². The van der Waals surface area contributed by atoms with Gasteiger partial charge in [-0.25, -0.2) is 0 Å². The Labute approximate surface area is 122 Å². The third-order valence-electron chi connectivity index (χ3n) is 4.30. The molecule has 0 saturated heterocycles. The highest BCUT2D eigenvalue weighted by molar-refractivity contribution is 5.96. The third-order valence-corrected chi connectivity index (χ3v) is 4.30. The lowest BCUT2D eigenvalue weighted by Gasteiger charge is -2.26. The van der Waals surface area contributed by atoms with Gasteiger partial charge in [0.25, 0.3) is 5.91 Å². The van der Waals surface area contributed by atoms with Crippen molar-refractivity contribution >= 4 is 5.91 Å². The van der Waals surface area contributed by atoms with Crippen molar-refractivity contribution in [3.63, 3.8) is 0 Å². The zero-order valence-corrected chi connectivity index (χ0v) is 12.9. The molecule has 0 heterocycles. The number of nitrogens with one attached hydrogen (secondary N) is 1. The van der Waals surface area contributed by atoms with Crippen LogP contribution in [0, 0.1) is 0 Å². The summed E-state index contributed by atoms with van der Waals surface area (Å²) in [6.45, 7) is 9.50. The molecule has 2 rings (SSSR count). The average Bonchev–Trinajstić information content (AvgIpc) is 3.24. The number of rotatable bonds is 7. The Morgan fingerprint density at radius 1 is 1.20 bits per heavy atom. The molecule has 1 N–H and O–H groups in total. The summed E-state index contributed by atoms with van der Waals surface area (Å²) in [5.41, 5.74) is 1.98. The quantitative estimate of drug-likeness (QED) is 0.829. The van der Waals surface area contributed by atoms with Crippen molar-refractivity contribution in [1.82, 2.24) is 10.2 Å². The molecule has 1 amide bonds. The Hall–Kier alpha value is -1.35. The second-order valence-corrected chi connectivity index (χ2v) is 5.71. The van der Waals surface area contributed by atoms with Crippen molar-refractivity contribution in [3.05, 3.63) is 35.4 Å². The molecular weight excluding hydrogens is 248 g/mol. The van der Waals surface area contributed by atoms with E-state index in [9.17, 15) is 4.79 Å². The van der Waals surface area contributed by atoms with E-state index in [-0.39, 0.29) is 11.4 Å². The smallest absolute Gasteiger partial charge is 0.252 e. The minimum atomic E-state index is 0.0178. The molecule has 1 fully saturated rings. The zero-order chi connectivity index (χ0) is 14.6. The van der Waals surface area contributed by atoms with Gasteiger partial charge in [-0.3, -0.25) is 4.79 Å². The van der Waals surface area contributed by atoms with E-state index in [2.05, 4.69) is 31.0 Å². The first-order chi connectivity index (χ1) is 9.64. The van der Waals surface area contributed by atoms with Crippen LogP contribution in [0.5, 0.6) is 0 Å². The summed E-state index contributed by atoms with van der Waals surface area (Å²) in [7, 11) is 0. The molecule has 20 heavy (non-hydrogen) atoms. The van der Waals surface area contributed by atoms with Crippen LogP contribution in [0.15, 0.2) is 24.3 Å². The fourth-order valence-corrected chi connectivity index (χ4v) is 2.71. The zero-order valence-electron chi connectivity index (χ0n) is 12.9. The fraction of sp³-hybridized carbons (Fsp3) is 0.588. The molecule has 1 aromatic rings. The van der Waals surface area contributed by atoms with E-state index < -0.39 is 0 Å². The molecule has 1 aliphatic rings. The largest absolute Gasteiger partial charge is 0.345 e. The van der Waals surface area contributed by atoms with Gasteiger partial charge in [-0.15, -0.1) is 0 Å². The predicted octanol–water partition coefficient (Wildman–Crippen LogP) is 2.85. The number of nitrogens with zero attached hydrogens (tertiary/aromatic N) is 1. The van der Waals surface area contributed by atoms with Crippen LogP contribution < -0.4 is 5.32 Å². The number of amides is 1. The molecule has 0 atom stereocenters. The topological polar surface area (TPSA) is 32.3 Å². The molecule has 0 spiro atoms. The Balaban J connectivity index is 2.04. The van der Waals surface area contributed by atoms with Gasteiger partial charge in [0.15, 0.2) is 0 Å². The monoisotopic (exact) mass is 274 g/mol. The molecule has 110 valence electrons. The van der Waals surface area contributed by atoms with Crippen LogP contribution in [-0.4, -0.2) is 36.0 Å². The van der Waals surface area contributed by atoms with Crippen molar-refractivity contribution in [3.8, 4) is 0 Å². The van der Waals surface area contributed by atoms with E-state index in [0.29, 0.717) is 0 Å². The number of carbonyl (C=O) groups is 1. The van der Waals surface area contributed by atoms with Crippen LogP contribution in [-0.2, 0) is 6.42 Å².